The number of aromatic nitrogens is 2. The van der Waals surface area contributed by atoms with Crippen LogP contribution in [0.5, 0.6) is 11.5 Å². The van der Waals surface area contributed by atoms with Crippen molar-refractivity contribution in [2.45, 2.75) is 26.3 Å². The van der Waals surface area contributed by atoms with Gasteiger partial charge in [0.2, 0.25) is 0 Å². The molecule has 0 aliphatic carbocycles. The van der Waals surface area contributed by atoms with Crippen molar-refractivity contribution in [1.29, 1.82) is 0 Å². The zero-order chi connectivity index (χ0) is 21.3. The molecule has 0 aliphatic heterocycles. The van der Waals surface area contributed by atoms with Crippen LogP contribution in [0.15, 0.2) is 71.5 Å². The van der Waals surface area contributed by atoms with Gasteiger partial charge in [-0.15, -0.1) is 0 Å². The Hall–Kier alpha value is -3.60. The second kappa shape index (κ2) is 8.03. The highest BCUT2D eigenvalue weighted by molar-refractivity contribution is 5.93. The van der Waals surface area contributed by atoms with Crippen LogP contribution in [0, 0.1) is 0 Å². The van der Waals surface area contributed by atoms with E-state index in [1.54, 1.807) is 35.9 Å². The number of hydrogen-bond acceptors (Lipinski definition) is 4. The second-order valence-corrected chi connectivity index (χ2v) is 7.66. The van der Waals surface area contributed by atoms with Crippen LogP contribution in [-0.4, -0.2) is 21.8 Å². The first kappa shape index (κ1) is 19.7. The minimum Gasteiger partial charge on any atom is -0.508 e. The molecule has 3 aromatic carbocycles. The van der Waals surface area contributed by atoms with Crippen LogP contribution in [0.4, 0.5) is 0 Å². The number of phenols is 1. The zero-order valence-corrected chi connectivity index (χ0v) is 17.3. The normalized spacial score (nSPS) is 11.2. The number of fused-ring (bicyclic) bond motifs is 1. The van der Waals surface area contributed by atoms with Gasteiger partial charge in [-0.05, 0) is 47.4 Å². The molecule has 0 atom stereocenters. The fourth-order valence-corrected chi connectivity index (χ4v) is 3.57. The Labute approximate surface area is 175 Å². The molecule has 1 aromatic heterocycles. The number of hydrogen-bond donors (Lipinski definition) is 1. The van der Waals surface area contributed by atoms with Crippen LogP contribution in [0.25, 0.3) is 22.2 Å². The van der Waals surface area contributed by atoms with Crippen molar-refractivity contribution < 1.29 is 9.84 Å². The van der Waals surface area contributed by atoms with Crippen molar-refractivity contribution in [3.8, 4) is 22.8 Å². The number of ether oxygens (including phenoxy) is 1. The predicted octanol–water partition coefficient (Wildman–Crippen LogP) is 4.95. The molecular weight excluding hydrogens is 376 g/mol. The lowest BCUT2D eigenvalue weighted by atomic mass is 9.99. The van der Waals surface area contributed by atoms with Gasteiger partial charge in [0, 0.05) is 10.9 Å². The highest BCUT2D eigenvalue weighted by atomic mass is 16.5. The maximum Gasteiger partial charge on any atom is 0.348 e. The van der Waals surface area contributed by atoms with Crippen molar-refractivity contribution in [2.75, 3.05) is 7.11 Å². The number of methoxy groups -OCH3 is 1. The van der Waals surface area contributed by atoms with E-state index in [1.807, 2.05) is 30.3 Å². The molecule has 0 saturated heterocycles. The van der Waals surface area contributed by atoms with Crippen LogP contribution >= 0.6 is 0 Å². The molecule has 0 unspecified atom stereocenters. The van der Waals surface area contributed by atoms with Gasteiger partial charge in [0.15, 0.2) is 0 Å². The molecule has 4 rings (SSSR count). The SMILES string of the molecule is COc1ccc2c(c1)c(-c1ccc(C(C)C)cc1)nc(=O)n2Cc1ccc(O)cc1. The lowest BCUT2D eigenvalue weighted by molar-refractivity contribution is 0.415. The van der Waals surface area contributed by atoms with E-state index in [9.17, 15) is 9.90 Å². The van der Waals surface area contributed by atoms with Gasteiger partial charge in [0.25, 0.3) is 0 Å². The molecule has 0 aliphatic rings. The van der Waals surface area contributed by atoms with E-state index in [2.05, 4.69) is 31.0 Å². The van der Waals surface area contributed by atoms with E-state index >= 15 is 0 Å². The second-order valence-electron chi connectivity index (χ2n) is 7.66. The van der Waals surface area contributed by atoms with Gasteiger partial charge >= 0.3 is 5.69 Å². The summed E-state index contributed by atoms with van der Waals surface area (Å²) in [5, 5.41) is 10.4. The first-order valence-corrected chi connectivity index (χ1v) is 9.93. The average Bonchev–Trinajstić information content (AvgIpc) is 2.76. The minimum absolute atomic E-state index is 0.194. The number of phenolic OH excluding ortho intramolecular Hbond substituents is 1. The maximum atomic E-state index is 13.0. The molecule has 1 heterocycles. The Bertz CT molecular complexity index is 1240. The summed E-state index contributed by atoms with van der Waals surface area (Å²) < 4.78 is 7.07. The maximum absolute atomic E-state index is 13.0. The third-order valence-corrected chi connectivity index (χ3v) is 5.32. The van der Waals surface area contributed by atoms with Gasteiger partial charge in [0.1, 0.15) is 11.5 Å². The van der Waals surface area contributed by atoms with Crippen LogP contribution < -0.4 is 10.4 Å². The van der Waals surface area contributed by atoms with Gasteiger partial charge in [-0.25, -0.2) is 4.79 Å². The molecule has 0 spiro atoms. The van der Waals surface area contributed by atoms with E-state index in [1.165, 1.54) is 5.56 Å². The van der Waals surface area contributed by atoms with Crippen molar-refractivity contribution in [2.24, 2.45) is 0 Å². The number of nitrogens with zero attached hydrogens (tertiary/aromatic N) is 2. The highest BCUT2D eigenvalue weighted by Gasteiger charge is 2.14. The molecule has 0 saturated carbocycles. The topological polar surface area (TPSA) is 64.3 Å². The Morgan fingerprint density at radius 3 is 2.33 bits per heavy atom. The first-order valence-electron chi connectivity index (χ1n) is 9.93. The third-order valence-electron chi connectivity index (χ3n) is 5.32. The van der Waals surface area contributed by atoms with Crippen LogP contribution in [-0.2, 0) is 6.54 Å². The summed E-state index contributed by atoms with van der Waals surface area (Å²) in [5.41, 5.74) is 4.15. The van der Waals surface area contributed by atoms with Gasteiger partial charge in [-0.3, -0.25) is 4.57 Å². The Kier molecular flexibility index (Phi) is 5.27. The Morgan fingerprint density at radius 1 is 1.00 bits per heavy atom. The Morgan fingerprint density at radius 2 is 1.70 bits per heavy atom. The summed E-state index contributed by atoms with van der Waals surface area (Å²) in [5.74, 6) is 1.33. The van der Waals surface area contributed by atoms with Crippen LogP contribution in [0.3, 0.4) is 0 Å². The molecular formula is C25H24N2O3. The molecule has 5 heteroatoms. The molecule has 30 heavy (non-hydrogen) atoms. The fourth-order valence-electron chi connectivity index (χ4n) is 3.57. The summed E-state index contributed by atoms with van der Waals surface area (Å²) in [6.07, 6.45) is 0. The summed E-state index contributed by atoms with van der Waals surface area (Å²) in [7, 11) is 1.62. The first-order chi connectivity index (χ1) is 14.5. The third kappa shape index (κ3) is 3.79. The van der Waals surface area contributed by atoms with Crippen LogP contribution in [0.2, 0.25) is 0 Å². The van der Waals surface area contributed by atoms with Crippen molar-refractivity contribution in [3.05, 3.63) is 88.3 Å². The molecule has 5 nitrogen and oxygen atoms in total. The quantitative estimate of drug-likeness (QED) is 0.515. The summed E-state index contributed by atoms with van der Waals surface area (Å²) >= 11 is 0. The molecule has 1 N–H and O–H groups in total. The summed E-state index contributed by atoms with van der Waals surface area (Å²) in [6.45, 7) is 4.66. The molecule has 0 bridgehead atoms. The monoisotopic (exact) mass is 400 g/mol. The van der Waals surface area contributed by atoms with Gasteiger partial charge < -0.3 is 9.84 Å². The smallest absolute Gasteiger partial charge is 0.348 e. The Balaban J connectivity index is 1.89. The van der Waals surface area contributed by atoms with E-state index in [4.69, 9.17) is 4.74 Å². The van der Waals surface area contributed by atoms with Gasteiger partial charge in [-0.1, -0.05) is 50.2 Å². The molecule has 0 fully saturated rings. The summed E-state index contributed by atoms with van der Waals surface area (Å²) in [4.78, 5) is 17.4. The van der Waals surface area contributed by atoms with E-state index in [-0.39, 0.29) is 11.4 Å². The number of rotatable bonds is 5. The van der Waals surface area contributed by atoms with Gasteiger partial charge in [0.05, 0.1) is 24.9 Å². The lowest BCUT2D eigenvalue weighted by Crippen LogP contribution is -2.24. The van der Waals surface area contributed by atoms with Crippen molar-refractivity contribution >= 4 is 10.9 Å². The number of aromatic hydroxyl groups is 1. The molecule has 0 amide bonds. The summed E-state index contributed by atoms with van der Waals surface area (Å²) in [6, 6.07) is 20.7. The van der Waals surface area contributed by atoms with E-state index in [0.717, 1.165) is 22.0 Å². The zero-order valence-electron chi connectivity index (χ0n) is 17.3. The lowest BCUT2D eigenvalue weighted by Gasteiger charge is -2.14. The molecule has 4 aromatic rings. The molecule has 0 radical (unpaired) electrons. The number of benzene rings is 3. The van der Waals surface area contributed by atoms with E-state index < -0.39 is 0 Å². The highest BCUT2D eigenvalue weighted by Crippen LogP contribution is 2.30. The van der Waals surface area contributed by atoms with Crippen LogP contribution in [0.1, 0.15) is 30.9 Å². The largest absolute Gasteiger partial charge is 0.508 e. The fraction of sp³-hybridized carbons (Fsp3) is 0.200. The minimum atomic E-state index is -0.316. The predicted molar refractivity (Wildman–Crippen MR) is 119 cm³/mol. The van der Waals surface area contributed by atoms with Crippen molar-refractivity contribution in [3.63, 3.8) is 0 Å². The standard InChI is InChI=1S/C25H24N2O3/c1-16(2)18-6-8-19(9-7-18)24-22-14-21(30-3)12-13-23(22)27(25(29)26-24)15-17-4-10-20(28)11-5-17/h4-14,16,28H,15H2,1-3H3. The van der Waals surface area contributed by atoms with E-state index in [0.29, 0.717) is 23.9 Å². The van der Waals surface area contributed by atoms with Gasteiger partial charge in [-0.2, -0.15) is 4.98 Å². The molecule has 152 valence electrons. The van der Waals surface area contributed by atoms with Crippen molar-refractivity contribution in [1.82, 2.24) is 9.55 Å². The average molecular weight is 400 g/mol.